The summed E-state index contributed by atoms with van der Waals surface area (Å²) < 4.78 is 12.4. The highest BCUT2D eigenvalue weighted by Gasteiger charge is 2.08. The molecule has 0 aliphatic rings. The molecule has 1 atom stereocenters. The quantitative estimate of drug-likeness (QED) is 0.650. The zero-order valence-corrected chi connectivity index (χ0v) is 10.8. The van der Waals surface area contributed by atoms with Crippen molar-refractivity contribution in [2.24, 2.45) is 5.73 Å². The van der Waals surface area contributed by atoms with Gasteiger partial charge in [0, 0.05) is 38.5 Å². The highest BCUT2D eigenvalue weighted by atomic mass is 16.5. The molecule has 1 rings (SSSR count). The Balaban J connectivity index is 2.29. The minimum absolute atomic E-state index is 0.00939. The van der Waals surface area contributed by atoms with E-state index in [4.69, 9.17) is 15.2 Å². The summed E-state index contributed by atoms with van der Waals surface area (Å²) in [5, 5.41) is 0. The van der Waals surface area contributed by atoms with Crippen LogP contribution >= 0.6 is 0 Å². The molecule has 0 spiro atoms. The maximum atomic E-state index is 5.99. The molecule has 0 aliphatic carbocycles. The van der Waals surface area contributed by atoms with Gasteiger partial charge in [0.2, 0.25) is 0 Å². The summed E-state index contributed by atoms with van der Waals surface area (Å²) in [6.45, 7) is 4.89. The lowest BCUT2D eigenvalue weighted by Crippen LogP contribution is -2.30. The van der Waals surface area contributed by atoms with Crippen LogP contribution in [0.3, 0.4) is 0 Å². The van der Waals surface area contributed by atoms with Gasteiger partial charge in [0.15, 0.2) is 0 Å². The van der Waals surface area contributed by atoms with E-state index in [0.717, 1.165) is 25.2 Å². The van der Waals surface area contributed by atoms with E-state index < -0.39 is 0 Å². The fraction of sp³-hybridized carbons (Fsp3) is 0.750. The molecule has 0 amide bonds. The molecule has 5 nitrogen and oxygen atoms in total. The molecule has 0 radical (unpaired) electrons. The van der Waals surface area contributed by atoms with Gasteiger partial charge in [0.25, 0.3) is 0 Å². The third kappa shape index (κ3) is 5.30. The molecule has 1 aromatic heterocycles. The van der Waals surface area contributed by atoms with E-state index in [1.807, 2.05) is 12.4 Å². The fourth-order valence-corrected chi connectivity index (χ4v) is 1.64. The van der Waals surface area contributed by atoms with Crippen molar-refractivity contribution in [3.05, 3.63) is 18.2 Å². The average molecular weight is 241 g/mol. The molecular formula is C12H23N3O2. The maximum Gasteiger partial charge on any atom is 0.110 e. The second-order valence-electron chi connectivity index (χ2n) is 4.07. The maximum absolute atomic E-state index is 5.99. The molecule has 98 valence electrons. The van der Waals surface area contributed by atoms with Gasteiger partial charge in [-0.15, -0.1) is 0 Å². The van der Waals surface area contributed by atoms with Gasteiger partial charge in [0.1, 0.15) is 5.82 Å². The molecule has 17 heavy (non-hydrogen) atoms. The summed E-state index contributed by atoms with van der Waals surface area (Å²) in [7, 11) is 1.66. The van der Waals surface area contributed by atoms with Crippen LogP contribution in [-0.2, 0) is 22.4 Å². The van der Waals surface area contributed by atoms with E-state index in [-0.39, 0.29) is 6.04 Å². The van der Waals surface area contributed by atoms with Crippen LogP contribution in [0.1, 0.15) is 19.2 Å². The van der Waals surface area contributed by atoms with Crippen LogP contribution in [0.25, 0.3) is 0 Å². The van der Waals surface area contributed by atoms with E-state index in [1.165, 1.54) is 0 Å². The Hall–Kier alpha value is -0.910. The molecule has 5 heteroatoms. The molecule has 0 bridgehead atoms. The third-order valence-corrected chi connectivity index (χ3v) is 2.47. The lowest BCUT2D eigenvalue weighted by Gasteiger charge is -2.13. The van der Waals surface area contributed by atoms with Crippen LogP contribution < -0.4 is 5.73 Å². The first-order valence-electron chi connectivity index (χ1n) is 6.10. The molecule has 1 aromatic rings. The van der Waals surface area contributed by atoms with E-state index >= 15 is 0 Å². The number of aryl methyl sites for hydroxylation is 1. The third-order valence-electron chi connectivity index (χ3n) is 2.47. The zero-order valence-electron chi connectivity index (χ0n) is 10.8. The zero-order chi connectivity index (χ0) is 12.5. The molecule has 0 aromatic carbocycles. The van der Waals surface area contributed by atoms with Gasteiger partial charge in [0.05, 0.1) is 19.8 Å². The van der Waals surface area contributed by atoms with Crippen molar-refractivity contribution in [1.29, 1.82) is 0 Å². The minimum atomic E-state index is -0.00939. The number of aromatic nitrogens is 2. The van der Waals surface area contributed by atoms with Gasteiger partial charge in [-0.1, -0.05) is 6.92 Å². The number of rotatable bonds is 9. The molecule has 1 heterocycles. The van der Waals surface area contributed by atoms with Crippen molar-refractivity contribution in [1.82, 2.24) is 9.55 Å². The van der Waals surface area contributed by atoms with Crippen molar-refractivity contribution in [2.75, 3.05) is 26.9 Å². The van der Waals surface area contributed by atoms with Crippen LogP contribution in [0.5, 0.6) is 0 Å². The first kappa shape index (κ1) is 14.2. The Morgan fingerprint density at radius 1 is 1.47 bits per heavy atom. The van der Waals surface area contributed by atoms with Crippen LogP contribution in [0, 0.1) is 0 Å². The predicted octanol–water partition coefficient (Wildman–Crippen LogP) is 0.826. The molecule has 0 fully saturated rings. The largest absolute Gasteiger partial charge is 0.382 e. The molecule has 0 aliphatic heterocycles. The average Bonchev–Trinajstić information content (AvgIpc) is 2.73. The predicted molar refractivity (Wildman–Crippen MR) is 66.9 cm³/mol. The second kappa shape index (κ2) is 8.22. The summed E-state index contributed by atoms with van der Waals surface area (Å²) in [5.41, 5.74) is 5.99. The van der Waals surface area contributed by atoms with Gasteiger partial charge in [-0.25, -0.2) is 4.98 Å². The van der Waals surface area contributed by atoms with Gasteiger partial charge in [-0.2, -0.15) is 0 Å². The van der Waals surface area contributed by atoms with Gasteiger partial charge < -0.3 is 19.8 Å². The standard InChI is InChI=1S/C12H23N3O2/c1-3-5-15-6-4-14-12(15)9-11(13)10-17-8-7-16-2/h4,6,11H,3,5,7-10,13H2,1-2H3. The summed E-state index contributed by atoms with van der Waals surface area (Å²) >= 11 is 0. The Bertz CT molecular complexity index is 302. The Kier molecular flexibility index (Phi) is 6.84. The van der Waals surface area contributed by atoms with Crippen molar-refractivity contribution in [3.63, 3.8) is 0 Å². The Morgan fingerprint density at radius 2 is 2.29 bits per heavy atom. The number of hydrogen-bond donors (Lipinski definition) is 1. The monoisotopic (exact) mass is 241 g/mol. The topological polar surface area (TPSA) is 62.3 Å². The Morgan fingerprint density at radius 3 is 3.00 bits per heavy atom. The summed E-state index contributed by atoms with van der Waals surface area (Å²) in [4.78, 5) is 4.32. The van der Waals surface area contributed by atoms with Crippen LogP contribution in [-0.4, -0.2) is 42.5 Å². The van der Waals surface area contributed by atoms with E-state index in [0.29, 0.717) is 19.8 Å². The number of imidazole rings is 1. The molecular weight excluding hydrogens is 218 g/mol. The summed E-state index contributed by atoms with van der Waals surface area (Å²) in [5.74, 6) is 1.04. The van der Waals surface area contributed by atoms with Crippen molar-refractivity contribution >= 4 is 0 Å². The first-order valence-corrected chi connectivity index (χ1v) is 6.10. The second-order valence-corrected chi connectivity index (χ2v) is 4.07. The fourth-order valence-electron chi connectivity index (χ4n) is 1.64. The SMILES string of the molecule is CCCn1ccnc1CC(N)COCCOC. The lowest BCUT2D eigenvalue weighted by molar-refractivity contribution is 0.0634. The van der Waals surface area contributed by atoms with Crippen molar-refractivity contribution in [3.8, 4) is 0 Å². The number of hydrogen-bond acceptors (Lipinski definition) is 4. The molecule has 0 saturated heterocycles. The van der Waals surface area contributed by atoms with Crippen molar-refractivity contribution in [2.45, 2.75) is 32.4 Å². The van der Waals surface area contributed by atoms with Crippen LogP contribution in [0.15, 0.2) is 12.4 Å². The summed E-state index contributed by atoms with van der Waals surface area (Å²) in [6.07, 6.45) is 5.67. The van der Waals surface area contributed by atoms with E-state index in [2.05, 4.69) is 16.5 Å². The minimum Gasteiger partial charge on any atom is -0.382 e. The van der Waals surface area contributed by atoms with Crippen LogP contribution in [0.2, 0.25) is 0 Å². The molecule has 0 saturated carbocycles. The van der Waals surface area contributed by atoms with Crippen molar-refractivity contribution < 1.29 is 9.47 Å². The van der Waals surface area contributed by atoms with Gasteiger partial charge >= 0.3 is 0 Å². The molecule has 2 N–H and O–H groups in total. The first-order chi connectivity index (χ1) is 8.27. The van der Waals surface area contributed by atoms with E-state index in [9.17, 15) is 0 Å². The number of ether oxygens (including phenoxy) is 2. The normalized spacial score (nSPS) is 12.9. The Labute approximate surface area is 103 Å². The lowest BCUT2D eigenvalue weighted by atomic mass is 10.2. The van der Waals surface area contributed by atoms with Gasteiger partial charge in [-0.3, -0.25) is 0 Å². The van der Waals surface area contributed by atoms with Gasteiger partial charge in [-0.05, 0) is 6.42 Å². The van der Waals surface area contributed by atoms with E-state index in [1.54, 1.807) is 7.11 Å². The summed E-state index contributed by atoms with van der Waals surface area (Å²) in [6, 6.07) is -0.00939. The highest BCUT2D eigenvalue weighted by molar-refractivity contribution is 4.95. The number of methoxy groups -OCH3 is 1. The highest BCUT2D eigenvalue weighted by Crippen LogP contribution is 2.02. The number of nitrogens with zero attached hydrogens (tertiary/aromatic N) is 2. The number of nitrogens with two attached hydrogens (primary N) is 1. The molecule has 1 unspecified atom stereocenters. The smallest absolute Gasteiger partial charge is 0.110 e. The van der Waals surface area contributed by atoms with Crippen LogP contribution in [0.4, 0.5) is 0 Å².